The minimum absolute atomic E-state index is 0.429. The van der Waals surface area contributed by atoms with Crippen LogP contribution >= 0.6 is 24.0 Å². The molecule has 0 rings (SSSR count). The fraction of sp³-hybridized carbons (Fsp3) is 0.636. The zero-order valence-electron chi connectivity index (χ0n) is 9.66. The lowest BCUT2D eigenvalue weighted by atomic mass is 10.2. The molecule has 0 spiro atoms. The third kappa shape index (κ3) is 9.98. The largest absolute Gasteiger partial charge is 0.449 e. The van der Waals surface area contributed by atoms with Gasteiger partial charge in [-0.2, -0.15) is 0 Å². The predicted molar refractivity (Wildman–Crippen MR) is 73.9 cm³/mol. The third-order valence-electron chi connectivity index (χ3n) is 1.77. The van der Waals surface area contributed by atoms with Crippen LogP contribution in [0.1, 0.15) is 32.6 Å². The number of hydrogen-bond donors (Lipinski definition) is 1. The van der Waals surface area contributed by atoms with Gasteiger partial charge >= 0.3 is 6.09 Å². The van der Waals surface area contributed by atoms with Crippen molar-refractivity contribution in [2.24, 2.45) is 0 Å². The quantitative estimate of drug-likeness (QED) is 0.432. The van der Waals surface area contributed by atoms with Gasteiger partial charge in [-0.15, -0.1) is 6.58 Å². The van der Waals surface area contributed by atoms with E-state index < -0.39 is 6.09 Å². The Bertz CT molecular complexity index is 232. The topological polar surface area (TPSA) is 38.3 Å². The van der Waals surface area contributed by atoms with Gasteiger partial charge in [-0.25, -0.2) is 4.79 Å². The molecule has 0 saturated heterocycles. The van der Waals surface area contributed by atoms with Crippen molar-refractivity contribution in [3.05, 3.63) is 12.7 Å². The summed E-state index contributed by atoms with van der Waals surface area (Å²) in [6.45, 7) is 6.17. The van der Waals surface area contributed by atoms with Crippen molar-refractivity contribution in [2.45, 2.75) is 32.6 Å². The summed E-state index contributed by atoms with van der Waals surface area (Å²) in [5.41, 5.74) is 0. The summed E-state index contributed by atoms with van der Waals surface area (Å²) in [4.78, 5) is 11.2. The number of thiocarbonyl (C=S) groups is 1. The van der Waals surface area contributed by atoms with Crippen LogP contribution in [0.25, 0.3) is 0 Å². The highest BCUT2D eigenvalue weighted by Crippen LogP contribution is 2.02. The molecular weight excluding hydrogens is 242 g/mol. The monoisotopic (exact) mass is 261 g/mol. The number of carbonyl (C=O) groups is 1. The zero-order valence-corrected chi connectivity index (χ0v) is 11.3. The number of hydrogen-bond acceptors (Lipinski definition) is 4. The maximum Gasteiger partial charge on any atom is 0.412 e. The van der Waals surface area contributed by atoms with Crippen LogP contribution in [0.15, 0.2) is 12.7 Å². The van der Waals surface area contributed by atoms with Gasteiger partial charge in [-0.05, 0) is 6.42 Å². The first-order chi connectivity index (χ1) is 7.70. The summed E-state index contributed by atoms with van der Waals surface area (Å²) in [7, 11) is 0. The van der Waals surface area contributed by atoms with Gasteiger partial charge in [0.1, 0.15) is 4.32 Å². The molecule has 0 aliphatic heterocycles. The Morgan fingerprint density at radius 1 is 1.50 bits per heavy atom. The van der Waals surface area contributed by atoms with Crippen LogP contribution in [-0.4, -0.2) is 22.8 Å². The molecule has 0 saturated carbocycles. The van der Waals surface area contributed by atoms with E-state index in [1.54, 1.807) is 6.08 Å². The Hall–Kier alpha value is -0.550. The lowest BCUT2D eigenvalue weighted by Crippen LogP contribution is -2.28. The van der Waals surface area contributed by atoms with Crippen molar-refractivity contribution in [1.29, 1.82) is 0 Å². The van der Waals surface area contributed by atoms with Crippen LogP contribution in [0.5, 0.6) is 0 Å². The molecule has 0 fully saturated rings. The maximum atomic E-state index is 11.2. The Morgan fingerprint density at radius 3 is 2.88 bits per heavy atom. The normalized spacial score (nSPS) is 9.56. The molecule has 3 nitrogen and oxygen atoms in total. The molecule has 92 valence electrons. The van der Waals surface area contributed by atoms with Crippen LogP contribution < -0.4 is 5.32 Å². The Kier molecular flexibility index (Phi) is 10.6. The highest BCUT2D eigenvalue weighted by Gasteiger charge is 2.04. The van der Waals surface area contributed by atoms with Crippen molar-refractivity contribution in [1.82, 2.24) is 5.32 Å². The Morgan fingerprint density at radius 2 is 2.25 bits per heavy atom. The van der Waals surface area contributed by atoms with E-state index in [9.17, 15) is 4.79 Å². The summed E-state index contributed by atoms with van der Waals surface area (Å²) < 4.78 is 5.39. The fourth-order valence-electron chi connectivity index (χ4n) is 0.984. The molecule has 0 radical (unpaired) electrons. The molecule has 5 heteroatoms. The van der Waals surface area contributed by atoms with Crippen molar-refractivity contribution < 1.29 is 9.53 Å². The first kappa shape index (κ1) is 15.4. The summed E-state index contributed by atoms with van der Waals surface area (Å²) in [6.07, 6.45) is 5.63. The molecule has 1 N–H and O–H groups in total. The number of unbranched alkanes of at least 4 members (excludes halogenated alkanes) is 3. The number of nitrogens with one attached hydrogen (secondary N) is 1. The van der Waals surface area contributed by atoms with Gasteiger partial charge in [0.2, 0.25) is 0 Å². The predicted octanol–water partition coefficient (Wildman–Crippen LogP) is 3.50. The molecule has 16 heavy (non-hydrogen) atoms. The van der Waals surface area contributed by atoms with Crippen molar-refractivity contribution in [3.8, 4) is 0 Å². The fourth-order valence-corrected chi connectivity index (χ4v) is 1.70. The molecule has 0 aliphatic carbocycles. The number of carbonyl (C=O) groups excluding carboxylic acids is 1. The smallest absolute Gasteiger partial charge is 0.412 e. The summed E-state index contributed by atoms with van der Waals surface area (Å²) in [5.74, 6) is 0.690. The third-order valence-corrected chi connectivity index (χ3v) is 2.99. The highest BCUT2D eigenvalue weighted by atomic mass is 32.2. The van der Waals surface area contributed by atoms with Crippen molar-refractivity contribution in [2.75, 3.05) is 12.4 Å². The van der Waals surface area contributed by atoms with Crippen molar-refractivity contribution in [3.63, 3.8) is 0 Å². The van der Waals surface area contributed by atoms with E-state index in [4.69, 9.17) is 17.0 Å². The molecule has 0 aromatic carbocycles. The number of alkyl carbamates (subject to hydrolysis) is 1. The van der Waals surface area contributed by atoms with Crippen LogP contribution in [0.3, 0.4) is 0 Å². The van der Waals surface area contributed by atoms with Crippen LogP contribution in [-0.2, 0) is 4.74 Å². The van der Waals surface area contributed by atoms with E-state index in [0.29, 0.717) is 16.7 Å². The summed E-state index contributed by atoms with van der Waals surface area (Å²) in [5, 5.41) is 2.49. The van der Waals surface area contributed by atoms with E-state index in [0.717, 1.165) is 12.8 Å². The van der Waals surface area contributed by atoms with E-state index in [1.807, 2.05) is 0 Å². The Labute approximate surface area is 107 Å². The van der Waals surface area contributed by atoms with Gasteiger partial charge in [0.15, 0.2) is 0 Å². The molecule has 0 unspecified atom stereocenters. The highest BCUT2D eigenvalue weighted by molar-refractivity contribution is 8.23. The molecule has 0 aliphatic rings. The minimum atomic E-state index is -0.460. The van der Waals surface area contributed by atoms with E-state index >= 15 is 0 Å². The number of amides is 1. The molecule has 0 aromatic rings. The van der Waals surface area contributed by atoms with Crippen LogP contribution in [0.4, 0.5) is 4.79 Å². The second-order valence-electron chi connectivity index (χ2n) is 3.21. The lowest BCUT2D eigenvalue weighted by molar-refractivity contribution is 0.149. The van der Waals surface area contributed by atoms with Gasteiger partial charge in [0.25, 0.3) is 0 Å². The number of rotatable bonds is 7. The molecule has 0 heterocycles. The average Bonchev–Trinajstić information content (AvgIpc) is 2.26. The second-order valence-corrected chi connectivity index (χ2v) is 4.91. The lowest BCUT2D eigenvalue weighted by Gasteiger charge is -2.06. The minimum Gasteiger partial charge on any atom is -0.449 e. The molecule has 0 aromatic heterocycles. The summed E-state index contributed by atoms with van der Waals surface area (Å²) in [6, 6.07) is 0. The maximum absolute atomic E-state index is 11.2. The summed E-state index contributed by atoms with van der Waals surface area (Å²) >= 11 is 6.27. The van der Waals surface area contributed by atoms with Crippen LogP contribution in [0, 0.1) is 0 Å². The number of thioether (sulfide) groups is 1. The van der Waals surface area contributed by atoms with E-state index in [1.165, 1.54) is 24.6 Å². The molecular formula is C11H19NO2S2. The second kappa shape index (κ2) is 11.0. The number of ether oxygens (including phenoxy) is 1. The molecule has 0 atom stereocenters. The first-order valence-corrected chi connectivity index (χ1v) is 6.81. The van der Waals surface area contributed by atoms with Gasteiger partial charge in [-0.3, -0.25) is 5.32 Å². The molecule has 0 bridgehead atoms. The van der Waals surface area contributed by atoms with Crippen LogP contribution in [0.2, 0.25) is 0 Å². The van der Waals surface area contributed by atoms with E-state index in [2.05, 4.69) is 18.8 Å². The average molecular weight is 261 g/mol. The molecule has 1 amide bonds. The zero-order chi connectivity index (χ0) is 12.2. The van der Waals surface area contributed by atoms with Gasteiger partial charge in [0.05, 0.1) is 6.61 Å². The van der Waals surface area contributed by atoms with Gasteiger partial charge in [0, 0.05) is 5.75 Å². The van der Waals surface area contributed by atoms with Gasteiger partial charge < -0.3 is 4.74 Å². The standard InChI is InChI=1S/C11H19NO2S2/c1-3-5-6-7-8-14-10(13)12-11(15)16-9-4-2/h4H,2-3,5-9H2,1H3,(H,12,13,15). The Balaban J connectivity index is 3.43. The SMILES string of the molecule is C=CCSC(=S)NC(=O)OCCCCCC. The van der Waals surface area contributed by atoms with Gasteiger partial charge in [-0.1, -0.05) is 56.2 Å². The van der Waals surface area contributed by atoms with E-state index in [-0.39, 0.29) is 0 Å². The first-order valence-electron chi connectivity index (χ1n) is 5.42. The van der Waals surface area contributed by atoms with Crippen molar-refractivity contribution >= 4 is 34.4 Å².